The molecule has 0 unspecified atom stereocenters. The molecule has 1 fully saturated rings. The normalized spacial score (nSPS) is 31.8. The minimum absolute atomic E-state index is 0.145. The van der Waals surface area contributed by atoms with Crippen molar-refractivity contribution in [2.24, 2.45) is 0 Å². The van der Waals surface area contributed by atoms with Gasteiger partial charge in [0.15, 0.2) is 0 Å². The van der Waals surface area contributed by atoms with Gasteiger partial charge in [0, 0.05) is 25.2 Å². The molecule has 0 aromatic rings. The Labute approximate surface area is 72.6 Å². The Bertz CT molecular complexity index is 172. The second kappa shape index (κ2) is 3.87. The van der Waals surface area contributed by atoms with E-state index in [-0.39, 0.29) is 12.5 Å². The average molecular weight is 172 g/mol. The highest BCUT2D eigenvalue weighted by molar-refractivity contribution is 5.67. The third-order valence-corrected chi connectivity index (χ3v) is 2.50. The molecule has 0 saturated carbocycles. The molecule has 1 aliphatic rings. The average Bonchev–Trinajstić information content (AvgIpc) is 1.98. The first-order valence-corrected chi connectivity index (χ1v) is 4.25. The fraction of sp³-hybridized carbons (Fsp3) is 0.875. The van der Waals surface area contributed by atoms with Crippen molar-refractivity contribution < 1.29 is 9.90 Å². The van der Waals surface area contributed by atoms with E-state index in [0.29, 0.717) is 6.04 Å². The molecule has 0 bridgehead atoms. The van der Waals surface area contributed by atoms with Gasteiger partial charge in [0.2, 0.25) is 0 Å². The number of rotatable bonds is 2. The molecule has 0 spiro atoms. The van der Waals surface area contributed by atoms with Crippen LogP contribution in [0.2, 0.25) is 0 Å². The van der Waals surface area contributed by atoms with Crippen LogP contribution in [0.15, 0.2) is 0 Å². The molecular weight excluding hydrogens is 156 g/mol. The van der Waals surface area contributed by atoms with E-state index in [1.165, 1.54) is 0 Å². The highest BCUT2D eigenvalue weighted by Crippen LogP contribution is 2.09. The largest absolute Gasteiger partial charge is 0.481 e. The number of nitrogens with zero attached hydrogens (tertiary/aromatic N) is 1. The lowest BCUT2D eigenvalue weighted by Crippen LogP contribution is -2.54. The molecule has 1 heterocycles. The predicted molar refractivity (Wildman–Crippen MR) is 46.1 cm³/mol. The lowest BCUT2D eigenvalue weighted by Gasteiger charge is -2.37. The zero-order chi connectivity index (χ0) is 9.14. The lowest BCUT2D eigenvalue weighted by atomic mass is 10.1. The molecule has 1 rings (SSSR count). The summed E-state index contributed by atoms with van der Waals surface area (Å²) in [5, 5.41) is 11.8. The van der Waals surface area contributed by atoms with Crippen LogP contribution in [0, 0.1) is 0 Å². The second-order valence-corrected chi connectivity index (χ2v) is 3.42. The van der Waals surface area contributed by atoms with Crippen LogP contribution in [0.3, 0.4) is 0 Å². The highest BCUT2D eigenvalue weighted by atomic mass is 16.4. The number of likely N-dealkylation sites (N-methyl/N-ethyl adjacent to an activating group) is 1. The van der Waals surface area contributed by atoms with E-state index in [2.05, 4.69) is 17.1 Å². The van der Waals surface area contributed by atoms with Crippen LogP contribution in [0.1, 0.15) is 13.3 Å². The van der Waals surface area contributed by atoms with Gasteiger partial charge >= 0.3 is 5.97 Å². The van der Waals surface area contributed by atoms with Gasteiger partial charge in [-0.2, -0.15) is 0 Å². The van der Waals surface area contributed by atoms with Gasteiger partial charge in [-0.3, -0.25) is 9.69 Å². The molecule has 0 aromatic heterocycles. The van der Waals surface area contributed by atoms with E-state index in [0.717, 1.165) is 13.1 Å². The molecule has 1 saturated heterocycles. The Morgan fingerprint density at radius 2 is 2.33 bits per heavy atom. The van der Waals surface area contributed by atoms with Crippen LogP contribution >= 0.6 is 0 Å². The van der Waals surface area contributed by atoms with Crippen molar-refractivity contribution >= 4 is 5.97 Å². The van der Waals surface area contributed by atoms with E-state index < -0.39 is 5.97 Å². The third kappa shape index (κ3) is 2.19. The summed E-state index contributed by atoms with van der Waals surface area (Å²) in [6.45, 7) is 3.83. The number of aliphatic carboxylic acids is 1. The van der Waals surface area contributed by atoms with Crippen molar-refractivity contribution in [1.82, 2.24) is 10.2 Å². The first-order valence-electron chi connectivity index (χ1n) is 4.25. The molecule has 1 aliphatic heterocycles. The van der Waals surface area contributed by atoms with E-state index >= 15 is 0 Å². The van der Waals surface area contributed by atoms with Crippen molar-refractivity contribution in [3.63, 3.8) is 0 Å². The number of nitrogens with one attached hydrogen (secondary N) is 1. The Balaban J connectivity index is 2.46. The zero-order valence-corrected chi connectivity index (χ0v) is 7.58. The maximum Gasteiger partial charge on any atom is 0.304 e. The first kappa shape index (κ1) is 9.48. The molecule has 2 N–H and O–H groups in total. The van der Waals surface area contributed by atoms with Gasteiger partial charge in [0.25, 0.3) is 0 Å². The SMILES string of the molecule is C[C@@H]1CNC[C@H](CC(=O)O)N1C. The standard InChI is InChI=1S/C8H16N2O2/c1-6-4-9-5-7(10(6)2)3-8(11)12/h6-7,9H,3-5H2,1-2H3,(H,11,12)/t6-,7+/m1/s1. The Morgan fingerprint density at radius 3 is 2.92 bits per heavy atom. The van der Waals surface area contributed by atoms with E-state index in [9.17, 15) is 4.79 Å². The number of carboxylic acids is 1. The van der Waals surface area contributed by atoms with Gasteiger partial charge in [-0.1, -0.05) is 0 Å². The summed E-state index contributed by atoms with van der Waals surface area (Å²) < 4.78 is 0. The number of hydrogen-bond acceptors (Lipinski definition) is 3. The maximum absolute atomic E-state index is 10.5. The van der Waals surface area contributed by atoms with Crippen LogP contribution < -0.4 is 5.32 Å². The van der Waals surface area contributed by atoms with Crippen LogP contribution in [-0.4, -0.2) is 48.2 Å². The second-order valence-electron chi connectivity index (χ2n) is 3.42. The summed E-state index contributed by atoms with van der Waals surface area (Å²) in [5.74, 6) is -0.720. The van der Waals surface area contributed by atoms with Gasteiger partial charge in [-0.25, -0.2) is 0 Å². The maximum atomic E-state index is 10.5. The molecule has 0 aromatic carbocycles. The molecule has 4 nitrogen and oxygen atoms in total. The van der Waals surface area contributed by atoms with Crippen LogP contribution in [0.5, 0.6) is 0 Å². The predicted octanol–water partition coefficient (Wildman–Crippen LogP) is -0.247. The Kier molecular flexibility index (Phi) is 3.05. The molecular formula is C8H16N2O2. The molecule has 0 amide bonds. The minimum atomic E-state index is -0.720. The summed E-state index contributed by atoms with van der Waals surface area (Å²) in [5.41, 5.74) is 0. The monoisotopic (exact) mass is 172 g/mol. The topological polar surface area (TPSA) is 52.6 Å². The van der Waals surface area contributed by atoms with Crippen molar-refractivity contribution in [2.75, 3.05) is 20.1 Å². The van der Waals surface area contributed by atoms with E-state index in [1.54, 1.807) is 0 Å². The number of carbonyl (C=O) groups is 1. The van der Waals surface area contributed by atoms with Gasteiger partial charge in [-0.05, 0) is 14.0 Å². The number of hydrogen-bond donors (Lipinski definition) is 2. The molecule has 0 aliphatic carbocycles. The zero-order valence-electron chi connectivity index (χ0n) is 7.58. The van der Waals surface area contributed by atoms with Crippen LogP contribution in [0.4, 0.5) is 0 Å². The van der Waals surface area contributed by atoms with Crippen molar-refractivity contribution in [3.8, 4) is 0 Å². The van der Waals surface area contributed by atoms with Gasteiger partial charge in [0.1, 0.15) is 0 Å². The molecule has 2 atom stereocenters. The summed E-state index contributed by atoms with van der Waals surface area (Å²) in [4.78, 5) is 12.6. The Morgan fingerprint density at radius 1 is 1.67 bits per heavy atom. The summed E-state index contributed by atoms with van der Waals surface area (Å²) in [6, 6.07) is 0.578. The van der Waals surface area contributed by atoms with Gasteiger partial charge in [0.05, 0.1) is 6.42 Å². The number of piperazine rings is 1. The quantitative estimate of drug-likeness (QED) is 0.603. The molecule has 70 valence electrons. The van der Waals surface area contributed by atoms with Gasteiger partial charge in [-0.15, -0.1) is 0 Å². The fourth-order valence-corrected chi connectivity index (χ4v) is 1.52. The van der Waals surface area contributed by atoms with Crippen molar-refractivity contribution in [2.45, 2.75) is 25.4 Å². The Hall–Kier alpha value is -0.610. The highest BCUT2D eigenvalue weighted by Gasteiger charge is 2.25. The van der Waals surface area contributed by atoms with Crippen LogP contribution in [-0.2, 0) is 4.79 Å². The fourth-order valence-electron chi connectivity index (χ4n) is 1.52. The molecule has 0 radical (unpaired) electrons. The summed E-state index contributed by atoms with van der Waals surface area (Å²) in [7, 11) is 1.99. The van der Waals surface area contributed by atoms with Crippen molar-refractivity contribution in [3.05, 3.63) is 0 Å². The molecule has 4 heteroatoms. The van der Waals surface area contributed by atoms with Crippen molar-refractivity contribution in [1.29, 1.82) is 0 Å². The smallest absolute Gasteiger partial charge is 0.304 e. The van der Waals surface area contributed by atoms with E-state index in [4.69, 9.17) is 5.11 Å². The third-order valence-electron chi connectivity index (χ3n) is 2.50. The number of carboxylic acid groups (broad SMARTS) is 1. The summed E-state index contributed by atoms with van der Waals surface area (Å²) >= 11 is 0. The minimum Gasteiger partial charge on any atom is -0.481 e. The van der Waals surface area contributed by atoms with Crippen LogP contribution in [0.25, 0.3) is 0 Å². The lowest BCUT2D eigenvalue weighted by molar-refractivity contribution is -0.138. The first-order chi connectivity index (χ1) is 5.61. The molecule has 12 heavy (non-hydrogen) atoms. The van der Waals surface area contributed by atoms with E-state index in [1.807, 2.05) is 7.05 Å². The van der Waals surface area contributed by atoms with Gasteiger partial charge < -0.3 is 10.4 Å². The summed E-state index contributed by atoms with van der Waals surface area (Å²) in [6.07, 6.45) is 0.230.